The van der Waals surface area contributed by atoms with Crippen LogP contribution in [0.1, 0.15) is 26.7 Å². The van der Waals surface area contributed by atoms with Crippen LogP contribution in [0.5, 0.6) is 0 Å². The van der Waals surface area contributed by atoms with E-state index in [0.29, 0.717) is 12.8 Å². The molecule has 2 atom stereocenters. The molecule has 0 aromatic heterocycles. The predicted octanol–water partition coefficient (Wildman–Crippen LogP) is -0.267. The van der Waals surface area contributed by atoms with E-state index >= 15 is 0 Å². The Morgan fingerprint density at radius 2 is 1.05 bits per heavy atom. The van der Waals surface area contributed by atoms with Crippen LogP contribution < -0.4 is 0 Å². The van der Waals surface area contributed by atoms with Crippen molar-refractivity contribution in [3.8, 4) is 0 Å². The van der Waals surface area contributed by atoms with Gasteiger partial charge in [-0.25, -0.2) is 9.13 Å². The van der Waals surface area contributed by atoms with E-state index in [1.807, 2.05) is 0 Å². The van der Waals surface area contributed by atoms with Crippen LogP contribution >= 0.6 is 15.6 Å². The number of phosphoric acid groups is 2. The molecule has 0 aliphatic rings. The molecule has 0 fully saturated rings. The second kappa shape index (κ2) is 10.8. The van der Waals surface area contributed by atoms with E-state index in [9.17, 15) is 9.13 Å². The Labute approximate surface area is 116 Å². The Morgan fingerprint density at radius 3 is 1.20 bits per heavy atom. The smallest absolute Gasteiger partial charge is 0.391 e. The van der Waals surface area contributed by atoms with Crippen LogP contribution in [0.25, 0.3) is 0 Å². The maximum absolute atomic E-state index is 10.0. The van der Waals surface area contributed by atoms with Crippen molar-refractivity contribution < 1.29 is 48.0 Å². The second-order valence-electron chi connectivity index (χ2n) is 3.70. The zero-order chi connectivity index (χ0) is 16.4. The summed E-state index contributed by atoms with van der Waals surface area (Å²) in [5.41, 5.74) is 0. The number of hydrogen-bond acceptors (Lipinski definition) is 6. The summed E-state index contributed by atoms with van der Waals surface area (Å²) in [5.74, 6) is 0. The van der Waals surface area contributed by atoms with Crippen molar-refractivity contribution in [2.75, 3.05) is 13.2 Å². The molecule has 0 spiro atoms. The van der Waals surface area contributed by atoms with Crippen molar-refractivity contribution in [3.63, 3.8) is 0 Å². The monoisotopic (exact) mass is 340 g/mol. The van der Waals surface area contributed by atoms with Crippen molar-refractivity contribution in [1.29, 1.82) is 0 Å². The molecule has 0 saturated heterocycles. The zero-order valence-corrected chi connectivity index (χ0v) is 13.0. The first-order valence-electron chi connectivity index (χ1n) is 5.67. The molecular formula is C8H22O10P2. The molecule has 0 amide bonds. The average molecular weight is 340 g/mol. The number of hydrogen-bond donors (Lipinski definition) is 6. The van der Waals surface area contributed by atoms with Crippen LogP contribution in [-0.2, 0) is 18.2 Å². The Balaban J connectivity index is 0. The summed E-state index contributed by atoms with van der Waals surface area (Å²) >= 11 is 0. The fourth-order valence-electron chi connectivity index (χ4n) is 0.602. The van der Waals surface area contributed by atoms with Gasteiger partial charge in [0, 0.05) is 0 Å². The molecule has 0 aliphatic heterocycles. The van der Waals surface area contributed by atoms with Crippen molar-refractivity contribution in [2.24, 2.45) is 0 Å². The van der Waals surface area contributed by atoms with Gasteiger partial charge < -0.3 is 29.8 Å². The normalized spacial score (nSPS) is 15.2. The van der Waals surface area contributed by atoms with E-state index in [1.54, 1.807) is 13.8 Å². The van der Waals surface area contributed by atoms with Gasteiger partial charge in [0.2, 0.25) is 0 Å². The van der Waals surface area contributed by atoms with Crippen molar-refractivity contribution in [1.82, 2.24) is 0 Å². The number of aliphatic hydroxyl groups excluding tert-OH is 2. The Morgan fingerprint density at radius 1 is 0.800 bits per heavy atom. The van der Waals surface area contributed by atoms with E-state index < -0.39 is 27.9 Å². The standard InChI is InChI=1S/2C4H11O5P/c2*1-2-4(5)3-9-10(6,7)8/h2*4-5H,2-3H2,1H3,(H2,6,7,8). The average Bonchev–Trinajstić information content (AvgIpc) is 2.31. The van der Waals surface area contributed by atoms with Gasteiger partial charge in [0.05, 0.1) is 25.4 Å². The van der Waals surface area contributed by atoms with Crippen molar-refractivity contribution in [2.45, 2.75) is 38.9 Å². The fourth-order valence-corrected chi connectivity index (χ4v) is 1.33. The van der Waals surface area contributed by atoms with Gasteiger partial charge in [-0.2, -0.15) is 0 Å². The molecule has 0 aliphatic carbocycles. The third-order valence-corrected chi connectivity index (χ3v) is 2.78. The molecule has 0 aromatic rings. The molecule has 20 heavy (non-hydrogen) atoms. The summed E-state index contributed by atoms with van der Waals surface area (Å²) in [6, 6.07) is 0. The topological polar surface area (TPSA) is 174 Å². The summed E-state index contributed by atoms with van der Waals surface area (Å²) in [4.78, 5) is 32.6. The van der Waals surface area contributed by atoms with Crippen molar-refractivity contribution >= 4 is 15.6 Å². The van der Waals surface area contributed by atoms with Gasteiger partial charge in [-0.05, 0) is 12.8 Å². The summed E-state index contributed by atoms with van der Waals surface area (Å²) in [7, 11) is -8.79. The third-order valence-electron chi connectivity index (χ3n) is 1.81. The lowest BCUT2D eigenvalue weighted by Crippen LogP contribution is -2.12. The Hall–Kier alpha value is 0.140. The van der Waals surface area contributed by atoms with Gasteiger partial charge >= 0.3 is 15.6 Å². The SMILES string of the molecule is CCC(O)COP(=O)(O)O.CCC(O)COP(=O)(O)O. The molecule has 0 heterocycles. The van der Waals surface area contributed by atoms with E-state index in [4.69, 9.17) is 29.8 Å². The van der Waals surface area contributed by atoms with E-state index in [-0.39, 0.29) is 13.2 Å². The van der Waals surface area contributed by atoms with Crippen LogP contribution in [0.3, 0.4) is 0 Å². The lowest BCUT2D eigenvalue weighted by atomic mass is 10.3. The Kier molecular flexibility index (Phi) is 12.1. The molecule has 0 bridgehead atoms. The molecule has 0 rings (SSSR count). The molecule has 0 saturated carbocycles. The van der Waals surface area contributed by atoms with Gasteiger partial charge in [-0.1, -0.05) is 13.8 Å². The number of rotatable bonds is 8. The van der Waals surface area contributed by atoms with Crippen LogP contribution in [0, 0.1) is 0 Å². The highest BCUT2D eigenvalue weighted by Gasteiger charge is 2.16. The minimum Gasteiger partial charge on any atom is -0.391 e. The minimum atomic E-state index is -4.39. The van der Waals surface area contributed by atoms with E-state index in [0.717, 1.165) is 0 Å². The summed E-state index contributed by atoms with van der Waals surface area (Å²) in [5, 5.41) is 17.5. The van der Waals surface area contributed by atoms with Crippen molar-refractivity contribution in [3.05, 3.63) is 0 Å². The first kappa shape index (κ1) is 22.4. The maximum Gasteiger partial charge on any atom is 0.469 e. The van der Waals surface area contributed by atoms with E-state index in [2.05, 4.69) is 9.05 Å². The second-order valence-corrected chi connectivity index (χ2v) is 6.18. The number of phosphoric ester groups is 2. The Bertz CT molecular complexity index is 291. The molecule has 12 heteroatoms. The predicted molar refractivity (Wildman–Crippen MR) is 68.6 cm³/mol. The minimum absolute atomic E-state index is 0.319. The molecule has 6 N–H and O–H groups in total. The lowest BCUT2D eigenvalue weighted by Gasteiger charge is -2.08. The van der Waals surface area contributed by atoms with Crippen LogP contribution in [-0.4, -0.2) is 55.2 Å². The van der Waals surface area contributed by atoms with Crippen LogP contribution in [0.15, 0.2) is 0 Å². The number of aliphatic hydroxyl groups is 2. The van der Waals surface area contributed by atoms with Crippen LogP contribution in [0.4, 0.5) is 0 Å². The highest BCUT2D eigenvalue weighted by molar-refractivity contribution is 7.46. The highest BCUT2D eigenvalue weighted by atomic mass is 31.2. The first-order chi connectivity index (χ1) is 8.91. The summed E-state index contributed by atoms with van der Waals surface area (Å²) < 4.78 is 28.0. The van der Waals surface area contributed by atoms with Gasteiger partial charge in [0.15, 0.2) is 0 Å². The van der Waals surface area contributed by atoms with Gasteiger partial charge in [0.25, 0.3) is 0 Å². The lowest BCUT2D eigenvalue weighted by molar-refractivity contribution is 0.0825. The maximum atomic E-state index is 10.0. The fraction of sp³-hybridized carbons (Fsp3) is 1.00. The largest absolute Gasteiger partial charge is 0.469 e. The third kappa shape index (κ3) is 20.5. The van der Waals surface area contributed by atoms with Gasteiger partial charge in [0.1, 0.15) is 0 Å². The van der Waals surface area contributed by atoms with Crippen LogP contribution in [0.2, 0.25) is 0 Å². The quantitative estimate of drug-likeness (QED) is 0.323. The van der Waals surface area contributed by atoms with E-state index in [1.165, 1.54) is 0 Å². The molecular weight excluding hydrogens is 318 g/mol. The zero-order valence-electron chi connectivity index (χ0n) is 11.2. The molecule has 0 aromatic carbocycles. The summed E-state index contributed by atoms with van der Waals surface area (Å²) in [6.07, 6.45) is -0.764. The molecule has 10 nitrogen and oxygen atoms in total. The van der Waals surface area contributed by atoms with Gasteiger partial charge in [-0.3, -0.25) is 9.05 Å². The molecule has 2 unspecified atom stereocenters. The molecule has 0 radical (unpaired) electrons. The van der Waals surface area contributed by atoms with Gasteiger partial charge in [-0.15, -0.1) is 0 Å². The highest BCUT2D eigenvalue weighted by Crippen LogP contribution is 2.36. The molecule has 124 valence electrons. The first-order valence-corrected chi connectivity index (χ1v) is 8.73. The summed E-state index contributed by atoms with van der Waals surface area (Å²) in [6.45, 7) is 2.74.